The van der Waals surface area contributed by atoms with Crippen LogP contribution in [-0.2, 0) is 9.59 Å². The first-order chi connectivity index (χ1) is 16.3. The lowest BCUT2D eigenvalue weighted by Gasteiger charge is -2.56. The van der Waals surface area contributed by atoms with Gasteiger partial charge < -0.3 is 20.4 Å². The number of rotatable bonds is 5. The molecule has 6 rings (SSSR count). The molecule has 4 aliphatic carbocycles. The van der Waals surface area contributed by atoms with E-state index in [9.17, 15) is 9.59 Å². The van der Waals surface area contributed by atoms with Crippen LogP contribution in [0.15, 0.2) is 24.3 Å². The predicted octanol–water partition coefficient (Wildman–Crippen LogP) is 4.41. The summed E-state index contributed by atoms with van der Waals surface area (Å²) >= 11 is 5.45. The van der Waals surface area contributed by atoms with E-state index in [-0.39, 0.29) is 23.1 Å². The molecule has 5 fully saturated rings. The lowest BCUT2D eigenvalue weighted by molar-refractivity contribution is -0.134. The molecule has 0 aromatic heterocycles. The Hall–Kier alpha value is -2.15. The minimum Gasteiger partial charge on any atom is -0.368 e. The van der Waals surface area contributed by atoms with Gasteiger partial charge in [-0.15, -0.1) is 0 Å². The number of hydrogen-bond donors (Lipinski definition) is 2. The van der Waals surface area contributed by atoms with Crippen molar-refractivity contribution in [1.82, 2.24) is 10.2 Å². The number of thiocarbonyl (C=S) groups is 1. The van der Waals surface area contributed by atoms with Gasteiger partial charge in [-0.1, -0.05) is 13.8 Å². The Balaban J connectivity index is 1.09. The number of nitrogens with one attached hydrogen (secondary N) is 2. The Morgan fingerprint density at radius 3 is 2.06 bits per heavy atom. The van der Waals surface area contributed by atoms with Gasteiger partial charge in [0.25, 0.3) is 0 Å². The minimum atomic E-state index is 0.0498. The fourth-order valence-electron chi connectivity index (χ4n) is 7.49. The van der Waals surface area contributed by atoms with E-state index in [1.807, 2.05) is 30.9 Å². The molecule has 6 nitrogen and oxygen atoms in total. The fraction of sp³-hybridized carbons (Fsp3) is 0.667. The third-order valence-corrected chi connectivity index (χ3v) is 8.73. The van der Waals surface area contributed by atoms with Crippen molar-refractivity contribution in [2.75, 3.05) is 36.4 Å². The van der Waals surface area contributed by atoms with Gasteiger partial charge in [0.1, 0.15) is 0 Å². The van der Waals surface area contributed by atoms with Crippen molar-refractivity contribution in [3.05, 3.63) is 24.3 Å². The first kappa shape index (κ1) is 23.6. The zero-order valence-electron chi connectivity index (χ0n) is 20.5. The van der Waals surface area contributed by atoms with Crippen LogP contribution in [-0.4, -0.2) is 48.0 Å². The number of nitrogens with zero attached hydrogens (tertiary/aromatic N) is 2. The van der Waals surface area contributed by atoms with Crippen molar-refractivity contribution < 1.29 is 9.59 Å². The van der Waals surface area contributed by atoms with Crippen molar-refractivity contribution in [2.24, 2.45) is 29.1 Å². The summed E-state index contributed by atoms with van der Waals surface area (Å²) in [6, 6.07) is 8.14. The van der Waals surface area contributed by atoms with Crippen molar-refractivity contribution in [2.45, 2.75) is 58.8 Å². The van der Waals surface area contributed by atoms with Crippen LogP contribution < -0.4 is 15.5 Å². The number of hydrogen-bond acceptors (Lipinski definition) is 4. The quantitative estimate of drug-likeness (QED) is 0.609. The largest absolute Gasteiger partial charge is 0.368 e. The SMILES string of the molecule is CC(C)C(=O)N1CCN(c2ccc(NC(=S)NC(=O)CC34CC5CC(CC(C5)C3)C4)cc2)CC1. The lowest BCUT2D eigenvalue weighted by atomic mass is 9.49. The zero-order valence-corrected chi connectivity index (χ0v) is 21.3. The van der Waals surface area contributed by atoms with Gasteiger partial charge in [-0.2, -0.15) is 0 Å². The van der Waals surface area contributed by atoms with E-state index in [0.717, 1.165) is 55.3 Å². The zero-order chi connectivity index (χ0) is 23.9. The van der Waals surface area contributed by atoms with Crippen LogP contribution in [0.1, 0.15) is 58.8 Å². The van der Waals surface area contributed by atoms with Crippen LogP contribution in [0.4, 0.5) is 11.4 Å². The molecule has 0 radical (unpaired) electrons. The standard InChI is InChI=1S/C27H38N4O2S/c1-18(2)25(33)31-9-7-30(8-10-31)23-5-3-22(4-6-23)28-26(34)29-24(32)17-27-14-19-11-20(15-27)13-21(12-19)16-27/h3-6,18-21H,7-17H2,1-2H3,(H2,28,29,32,34). The molecule has 1 aliphatic heterocycles. The number of piperazine rings is 1. The highest BCUT2D eigenvalue weighted by Gasteiger charge is 2.51. The van der Waals surface area contributed by atoms with Gasteiger partial charge in [0.2, 0.25) is 11.8 Å². The summed E-state index contributed by atoms with van der Waals surface area (Å²) in [7, 11) is 0. The second-order valence-electron chi connectivity index (χ2n) is 11.6. The van der Waals surface area contributed by atoms with E-state index in [0.29, 0.717) is 11.5 Å². The highest BCUT2D eigenvalue weighted by atomic mass is 32.1. The summed E-state index contributed by atoms with van der Waals surface area (Å²) in [6.45, 7) is 7.11. The maximum Gasteiger partial charge on any atom is 0.226 e. The van der Waals surface area contributed by atoms with Crippen molar-refractivity contribution in [3.8, 4) is 0 Å². The molecule has 1 heterocycles. The minimum absolute atomic E-state index is 0.0498. The topological polar surface area (TPSA) is 64.7 Å². The molecule has 0 atom stereocenters. The van der Waals surface area contributed by atoms with E-state index >= 15 is 0 Å². The van der Waals surface area contributed by atoms with Crippen LogP contribution in [0.5, 0.6) is 0 Å². The molecule has 1 aromatic rings. The summed E-state index contributed by atoms with van der Waals surface area (Å²) in [6.07, 6.45) is 8.48. The Labute approximate surface area is 208 Å². The third kappa shape index (κ3) is 5.09. The molecule has 34 heavy (non-hydrogen) atoms. The highest BCUT2D eigenvalue weighted by Crippen LogP contribution is 2.61. The van der Waals surface area contributed by atoms with Crippen molar-refractivity contribution in [3.63, 3.8) is 0 Å². The summed E-state index contributed by atoms with van der Waals surface area (Å²) in [5, 5.41) is 6.49. The lowest BCUT2D eigenvalue weighted by Crippen LogP contribution is -2.49. The molecule has 5 aliphatic rings. The van der Waals surface area contributed by atoms with E-state index in [2.05, 4.69) is 27.7 Å². The van der Waals surface area contributed by atoms with Gasteiger partial charge in [0, 0.05) is 49.9 Å². The molecular weight excluding hydrogens is 444 g/mol. The van der Waals surface area contributed by atoms with Crippen molar-refractivity contribution in [1.29, 1.82) is 0 Å². The molecular formula is C27H38N4O2S. The molecule has 7 heteroatoms. The third-order valence-electron chi connectivity index (χ3n) is 8.53. The maximum absolute atomic E-state index is 12.8. The number of amides is 2. The van der Waals surface area contributed by atoms with Gasteiger partial charge in [-0.3, -0.25) is 9.59 Å². The molecule has 1 aromatic carbocycles. The molecule has 4 saturated carbocycles. The van der Waals surface area contributed by atoms with E-state index in [1.54, 1.807) is 0 Å². The second kappa shape index (κ2) is 9.48. The Kier molecular flexibility index (Phi) is 6.58. The van der Waals surface area contributed by atoms with Crippen LogP contribution in [0.25, 0.3) is 0 Å². The normalized spacial score (nSPS) is 29.9. The molecule has 2 N–H and O–H groups in total. The van der Waals surface area contributed by atoms with Crippen LogP contribution >= 0.6 is 12.2 Å². The van der Waals surface area contributed by atoms with E-state index in [4.69, 9.17) is 12.2 Å². The van der Waals surface area contributed by atoms with Crippen LogP contribution in [0.3, 0.4) is 0 Å². The number of carbonyl (C=O) groups is 2. The summed E-state index contributed by atoms with van der Waals surface area (Å²) in [5.41, 5.74) is 2.23. The summed E-state index contributed by atoms with van der Waals surface area (Å²) < 4.78 is 0. The number of benzene rings is 1. The molecule has 2 amide bonds. The van der Waals surface area contributed by atoms with Gasteiger partial charge in [0.15, 0.2) is 5.11 Å². The first-order valence-corrected chi connectivity index (χ1v) is 13.4. The van der Waals surface area contributed by atoms with Crippen molar-refractivity contribution >= 4 is 40.5 Å². The molecule has 0 spiro atoms. The van der Waals surface area contributed by atoms with Gasteiger partial charge in [0.05, 0.1) is 0 Å². The summed E-state index contributed by atoms with van der Waals surface area (Å²) in [4.78, 5) is 29.3. The maximum atomic E-state index is 12.8. The Morgan fingerprint density at radius 1 is 0.971 bits per heavy atom. The monoisotopic (exact) mass is 482 g/mol. The molecule has 1 saturated heterocycles. The predicted molar refractivity (Wildman–Crippen MR) is 140 cm³/mol. The number of anilines is 2. The van der Waals surface area contributed by atoms with Gasteiger partial charge >= 0.3 is 0 Å². The van der Waals surface area contributed by atoms with Gasteiger partial charge in [-0.25, -0.2) is 0 Å². The molecule has 184 valence electrons. The van der Waals surface area contributed by atoms with E-state index in [1.165, 1.54) is 38.5 Å². The second-order valence-corrected chi connectivity index (χ2v) is 12.0. The average Bonchev–Trinajstić information content (AvgIpc) is 2.77. The average molecular weight is 483 g/mol. The first-order valence-electron chi connectivity index (χ1n) is 13.0. The highest BCUT2D eigenvalue weighted by molar-refractivity contribution is 7.80. The molecule has 4 bridgehead atoms. The van der Waals surface area contributed by atoms with Crippen LogP contribution in [0.2, 0.25) is 0 Å². The summed E-state index contributed by atoms with van der Waals surface area (Å²) in [5.74, 6) is 2.89. The van der Waals surface area contributed by atoms with Crippen LogP contribution in [0, 0.1) is 29.1 Å². The molecule has 0 unspecified atom stereocenters. The Bertz CT molecular complexity index is 901. The fourth-order valence-corrected chi connectivity index (χ4v) is 7.72. The van der Waals surface area contributed by atoms with Gasteiger partial charge in [-0.05, 0) is 98.2 Å². The number of carbonyl (C=O) groups excluding carboxylic acids is 2. The smallest absolute Gasteiger partial charge is 0.226 e. The Morgan fingerprint density at radius 2 is 1.53 bits per heavy atom. The van der Waals surface area contributed by atoms with E-state index < -0.39 is 0 Å².